The van der Waals surface area contributed by atoms with Crippen LogP contribution in [0.15, 0.2) is 46.0 Å². The first-order valence-electron chi connectivity index (χ1n) is 10.7. The third kappa shape index (κ3) is 4.64. The van der Waals surface area contributed by atoms with Crippen molar-refractivity contribution < 1.29 is 9.47 Å². The molecule has 0 aliphatic carbocycles. The second kappa shape index (κ2) is 9.87. The Morgan fingerprint density at radius 3 is 1.94 bits per heavy atom. The first-order chi connectivity index (χ1) is 16.3. The largest absolute Gasteiger partial charge is 0.490 e. The van der Waals surface area contributed by atoms with Crippen LogP contribution in [0.1, 0.15) is 46.5 Å². The van der Waals surface area contributed by atoms with Crippen molar-refractivity contribution in [3.63, 3.8) is 0 Å². The topological polar surface area (TPSA) is 116 Å². The maximum atomic E-state index is 12.7. The molecule has 0 aliphatic heterocycles. The molecule has 0 radical (unpaired) electrons. The average molecular weight is 503 g/mol. The van der Waals surface area contributed by atoms with Crippen molar-refractivity contribution in [3.05, 3.63) is 101 Å². The molecule has 2 aromatic heterocycles. The summed E-state index contributed by atoms with van der Waals surface area (Å²) in [5, 5.41) is 11.8. The Bertz CT molecular complexity index is 1360. The van der Waals surface area contributed by atoms with E-state index in [9.17, 15) is 9.59 Å². The average Bonchev–Trinajstić information content (AvgIpc) is 3.31. The molecule has 4 aromatic rings. The molecule has 10 heteroatoms. The van der Waals surface area contributed by atoms with Crippen LogP contribution in [0.25, 0.3) is 0 Å². The minimum absolute atomic E-state index is 0.257. The molecule has 178 valence electrons. The van der Waals surface area contributed by atoms with E-state index >= 15 is 0 Å². The summed E-state index contributed by atoms with van der Waals surface area (Å²) in [6.45, 7) is 6.02. The molecule has 0 amide bonds. The molecule has 0 spiro atoms. The third-order valence-electron chi connectivity index (χ3n) is 5.56. The van der Waals surface area contributed by atoms with E-state index in [2.05, 4.69) is 20.4 Å². The molecule has 2 heterocycles. The van der Waals surface area contributed by atoms with Crippen molar-refractivity contribution in [2.75, 3.05) is 6.61 Å². The Morgan fingerprint density at radius 2 is 1.44 bits per heavy atom. The molecule has 4 N–H and O–H groups in total. The van der Waals surface area contributed by atoms with Crippen molar-refractivity contribution in [2.45, 2.75) is 33.3 Å². The molecule has 0 saturated heterocycles. The minimum atomic E-state index is -0.688. The second-order valence-electron chi connectivity index (χ2n) is 7.85. The highest BCUT2D eigenvalue weighted by molar-refractivity contribution is 6.32. The summed E-state index contributed by atoms with van der Waals surface area (Å²) in [4.78, 5) is 25.4. The van der Waals surface area contributed by atoms with E-state index in [4.69, 9.17) is 32.7 Å². The van der Waals surface area contributed by atoms with Gasteiger partial charge >= 0.3 is 0 Å². The number of aryl methyl sites for hydroxylation is 2. The molecular weight excluding hydrogens is 479 g/mol. The number of halogens is 2. The van der Waals surface area contributed by atoms with E-state index in [0.29, 0.717) is 56.2 Å². The number of ether oxygens (including phenoxy) is 2. The molecule has 4 rings (SSSR count). The lowest BCUT2D eigenvalue weighted by molar-refractivity contribution is 0.269. The van der Waals surface area contributed by atoms with Crippen LogP contribution >= 0.6 is 23.2 Å². The van der Waals surface area contributed by atoms with Gasteiger partial charge in [-0.15, -0.1) is 0 Å². The van der Waals surface area contributed by atoms with E-state index in [0.717, 1.165) is 5.56 Å². The number of hydrogen-bond acceptors (Lipinski definition) is 4. The normalized spacial score (nSPS) is 11.2. The quantitative estimate of drug-likeness (QED) is 0.276. The number of H-pyrrole nitrogens is 4. The van der Waals surface area contributed by atoms with Crippen molar-refractivity contribution >= 4 is 23.2 Å². The fraction of sp³-hybridized carbons (Fsp3) is 0.250. The maximum absolute atomic E-state index is 12.7. The summed E-state index contributed by atoms with van der Waals surface area (Å²) < 4.78 is 11.9. The Morgan fingerprint density at radius 1 is 0.853 bits per heavy atom. The van der Waals surface area contributed by atoms with Gasteiger partial charge in [-0.1, -0.05) is 35.3 Å². The van der Waals surface area contributed by atoms with Crippen LogP contribution in [0.4, 0.5) is 0 Å². The van der Waals surface area contributed by atoms with Gasteiger partial charge in [-0.2, -0.15) is 0 Å². The Hall–Kier alpha value is -3.36. The predicted molar refractivity (Wildman–Crippen MR) is 132 cm³/mol. The molecule has 0 atom stereocenters. The smallest absolute Gasteiger partial charge is 0.268 e. The van der Waals surface area contributed by atoms with Gasteiger partial charge in [-0.25, -0.2) is 0 Å². The number of benzene rings is 2. The van der Waals surface area contributed by atoms with Gasteiger partial charge in [-0.3, -0.25) is 19.8 Å². The summed E-state index contributed by atoms with van der Waals surface area (Å²) in [6.07, 6.45) is 0. The zero-order valence-electron chi connectivity index (χ0n) is 18.8. The highest BCUT2D eigenvalue weighted by Crippen LogP contribution is 2.42. The van der Waals surface area contributed by atoms with Crippen molar-refractivity contribution in [2.24, 2.45) is 0 Å². The van der Waals surface area contributed by atoms with Gasteiger partial charge in [0.05, 0.1) is 22.8 Å². The zero-order chi connectivity index (χ0) is 24.4. The highest BCUT2D eigenvalue weighted by atomic mass is 35.5. The molecule has 2 aromatic carbocycles. The second-order valence-corrected chi connectivity index (χ2v) is 8.69. The minimum Gasteiger partial charge on any atom is -0.490 e. The lowest BCUT2D eigenvalue weighted by Gasteiger charge is -2.20. The van der Waals surface area contributed by atoms with Crippen LogP contribution in [-0.2, 0) is 6.61 Å². The van der Waals surface area contributed by atoms with Crippen LogP contribution in [0.5, 0.6) is 11.5 Å². The van der Waals surface area contributed by atoms with Crippen molar-refractivity contribution in [1.82, 2.24) is 20.4 Å². The third-order valence-corrected chi connectivity index (χ3v) is 6.10. The van der Waals surface area contributed by atoms with E-state index in [-0.39, 0.29) is 17.7 Å². The molecule has 0 aliphatic rings. The van der Waals surface area contributed by atoms with Crippen LogP contribution in [0.3, 0.4) is 0 Å². The van der Waals surface area contributed by atoms with Crippen molar-refractivity contribution in [3.8, 4) is 11.5 Å². The molecule has 34 heavy (non-hydrogen) atoms. The summed E-state index contributed by atoms with van der Waals surface area (Å²) in [7, 11) is 0. The van der Waals surface area contributed by atoms with Gasteiger partial charge < -0.3 is 19.7 Å². The van der Waals surface area contributed by atoms with Gasteiger partial charge in [-0.05, 0) is 56.2 Å². The van der Waals surface area contributed by atoms with E-state index in [1.54, 1.807) is 38.1 Å². The number of rotatable bonds is 8. The van der Waals surface area contributed by atoms with Crippen LogP contribution < -0.4 is 20.6 Å². The molecule has 0 bridgehead atoms. The molecule has 0 saturated carbocycles. The lowest BCUT2D eigenvalue weighted by Crippen LogP contribution is -2.20. The number of aromatic nitrogens is 4. The van der Waals surface area contributed by atoms with Gasteiger partial charge in [0.25, 0.3) is 11.1 Å². The summed E-state index contributed by atoms with van der Waals surface area (Å²) >= 11 is 12.6. The van der Waals surface area contributed by atoms with Gasteiger partial charge in [0.2, 0.25) is 0 Å². The highest BCUT2D eigenvalue weighted by Gasteiger charge is 2.30. The number of nitrogens with one attached hydrogen (secondary N) is 4. The van der Waals surface area contributed by atoms with Crippen LogP contribution in [0.2, 0.25) is 10.0 Å². The monoisotopic (exact) mass is 502 g/mol. The molecule has 8 nitrogen and oxygen atoms in total. The standard InChI is InChI=1S/C24H24Cl2N4O4/c1-4-33-18-10-15(9-17(26)22(18)34-11-14-5-7-16(25)8-6-14)21(19-12(2)27-29-23(19)31)20-13(3)28-30-24(20)32/h5-10,21H,4,11H2,1-3H3,(H2,27,29,31)(H2,28,30,32). The van der Waals surface area contributed by atoms with Gasteiger partial charge in [0, 0.05) is 22.3 Å². The molecule has 0 fully saturated rings. The fourth-order valence-electron chi connectivity index (χ4n) is 3.98. The Balaban J connectivity index is 1.82. The Labute approximate surface area is 205 Å². The molecule has 0 unspecified atom stereocenters. The summed E-state index contributed by atoms with van der Waals surface area (Å²) in [5.41, 5.74) is 2.96. The van der Waals surface area contributed by atoms with Crippen molar-refractivity contribution in [1.29, 1.82) is 0 Å². The first kappa shape index (κ1) is 23.8. The molecular formula is C24H24Cl2N4O4. The van der Waals surface area contributed by atoms with Gasteiger partial charge in [0.15, 0.2) is 11.5 Å². The summed E-state index contributed by atoms with van der Waals surface area (Å²) in [5.74, 6) is 0.102. The maximum Gasteiger partial charge on any atom is 0.268 e. The van der Waals surface area contributed by atoms with E-state index in [1.165, 1.54) is 0 Å². The van der Waals surface area contributed by atoms with Gasteiger partial charge in [0.1, 0.15) is 6.61 Å². The van der Waals surface area contributed by atoms with E-state index < -0.39 is 5.92 Å². The Kier molecular flexibility index (Phi) is 6.90. The zero-order valence-corrected chi connectivity index (χ0v) is 20.4. The first-order valence-corrected chi connectivity index (χ1v) is 11.4. The lowest BCUT2D eigenvalue weighted by atomic mass is 9.85. The van der Waals surface area contributed by atoms with Crippen LogP contribution in [0, 0.1) is 13.8 Å². The fourth-order valence-corrected chi connectivity index (χ4v) is 4.38. The SMILES string of the molecule is CCOc1cc(C(c2c(C)[nH][nH]c2=O)c2c(C)[nH][nH]c2=O)cc(Cl)c1OCc1ccc(Cl)cc1. The predicted octanol–water partition coefficient (Wildman–Crippen LogP) is 4.80. The number of hydrogen-bond donors (Lipinski definition) is 4. The summed E-state index contributed by atoms with van der Waals surface area (Å²) in [6, 6.07) is 10.8. The van der Waals surface area contributed by atoms with E-state index in [1.807, 2.05) is 19.1 Å². The number of aromatic amines is 4. The van der Waals surface area contributed by atoms with Crippen LogP contribution in [-0.4, -0.2) is 27.0 Å².